The largest absolute Gasteiger partial charge is 0.480 e. The van der Waals surface area contributed by atoms with E-state index in [2.05, 4.69) is 5.32 Å². The van der Waals surface area contributed by atoms with E-state index in [0.29, 0.717) is 25.9 Å². The van der Waals surface area contributed by atoms with Gasteiger partial charge in [0.2, 0.25) is 5.91 Å². The van der Waals surface area contributed by atoms with Crippen LogP contribution in [0, 0.1) is 0 Å². The molecule has 2 amide bonds. The summed E-state index contributed by atoms with van der Waals surface area (Å²) in [6.07, 6.45) is 0.921. The maximum atomic E-state index is 14.2. The average molecular weight is 465 g/mol. The Labute approximate surface area is 190 Å². The van der Waals surface area contributed by atoms with E-state index in [1.165, 1.54) is 0 Å². The van der Waals surface area contributed by atoms with Gasteiger partial charge in [-0.1, -0.05) is 24.6 Å². The number of nitrogens with zero attached hydrogens (tertiary/aromatic N) is 2. The third-order valence-electron chi connectivity index (χ3n) is 6.62. The number of ether oxygens (including phenoxy) is 1. The lowest BCUT2D eigenvalue weighted by Crippen LogP contribution is -2.46. The number of aliphatic carboxylic acids is 1. The first-order valence-corrected chi connectivity index (χ1v) is 11.4. The van der Waals surface area contributed by atoms with E-state index in [1.54, 1.807) is 4.90 Å². The fourth-order valence-corrected chi connectivity index (χ4v) is 4.88. The Kier molecular flexibility index (Phi) is 6.83. The Bertz CT molecular complexity index is 925. The van der Waals surface area contributed by atoms with Crippen LogP contribution in [0.3, 0.4) is 0 Å². The van der Waals surface area contributed by atoms with Crippen LogP contribution in [0.1, 0.15) is 48.8 Å². The lowest BCUT2D eigenvalue weighted by Gasteiger charge is -2.23. The number of benzene rings is 1. The fourth-order valence-electron chi connectivity index (χ4n) is 4.88. The number of carbonyl (C=O) groups is 3. The molecule has 180 valence electrons. The van der Waals surface area contributed by atoms with Gasteiger partial charge in [-0.05, 0) is 36.0 Å². The molecule has 10 heteroatoms. The first kappa shape index (κ1) is 23.4. The van der Waals surface area contributed by atoms with Gasteiger partial charge in [0.15, 0.2) is 0 Å². The monoisotopic (exact) mass is 465 g/mol. The number of nitrogens with one attached hydrogen (secondary N) is 1. The molecule has 0 spiro atoms. The molecule has 1 fully saturated rings. The number of alkyl halides is 2. The van der Waals surface area contributed by atoms with Crippen molar-refractivity contribution in [2.75, 3.05) is 19.6 Å². The summed E-state index contributed by atoms with van der Waals surface area (Å²) in [5.41, 5.74) is 3.20. The van der Waals surface area contributed by atoms with Crippen LogP contribution in [0.2, 0.25) is 0 Å². The highest BCUT2D eigenvalue weighted by molar-refractivity contribution is 5.85. The Morgan fingerprint density at radius 1 is 1.15 bits per heavy atom. The standard InChI is InChI=1S/C23H29F2N3O5/c24-23(25)8-3-1-2-5-15-6-4-7-16-11-27(13-18(15)16)22(32)33-17-9-19(21(30)31)28(12-17)20(29)10-26-14-23/h4,6-7,17,19,26H,1-3,5,8-14H2,(H,30,31)/t17-,19+/m1/s1. The lowest BCUT2D eigenvalue weighted by atomic mass is 9.98. The number of carboxylic acid groups (broad SMARTS) is 1. The predicted molar refractivity (Wildman–Crippen MR) is 114 cm³/mol. The zero-order valence-electron chi connectivity index (χ0n) is 18.4. The zero-order chi connectivity index (χ0) is 23.6. The van der Waals surface area contributed by atoms with Gasteiger partial charge in [-0.3, -0.25) is 9.69 Å². The van der Waals surface area contributed by atoms with Gasteiger partial charge >= 0.3 is 12.1 Å². The molecule has 2 atom stereocenters. The van der Waals surface area contributed by atoms with Crippen molar-refractivity contribution in [1.29, 1.82) is 0 Å². The molecule has 8 nitrogen and oxygen atoms in total. The van der Waals surface area contributed by atoms with Crippen LogP contribution in [0.5, 0.6) is 0 Å². The predicted octanol–water partition coefficient (Wildman–Crippen LogP) is 2.53. The highest BCUT2D eigenvalue weighted by atomic mass is 19.3. The Morgan fingerprint density at radius 3 is 2.73 bits per heavy atom. The van der Waals surface area contributed by atoms with Gasteiger partial charge in [0.05, 0.1) is 19.6 Å². The molecule has 3 aliphatic rings. The Balaban J connectivity index is 1.52. The van der Waals surface area contributed by atoms with E-state index < -0.39 is 49.1 Å². The van der Waals surface area contributed by atoms with E-state index in [0.717, 1.165) is 34.4 Å². The SMILES string of the molecule is O=C(O)[C@@H]1C[C@@H]2CN1C(=O)CNCC(F)(F)CCCCCc1cccc3c1CN(C3)C(=O)O2. The molecular formula is C23H29F2N3O5. The molecule has 0 unspecified atom stereocenters. The molecule has 3 heterocycles. The summed E-state index contributed by atoms with van der Waals surface area (Å²) < 4.78 is 34.0. The average Bonchev–Trinajstić information content (AvgIpc) is 3.37. The second-order valence-electron chi connectivity index (χ2n) is 9.07. The molecule has 2 N–H and O–H groups in total. The molecule has 4 bridgehead atoms. The van der Waals surface area contributed by atoms with Crippen LogP contribution in [-0.4, -0.2) is 70.6 Å². The van der Waals surface area contributed by atoms with Gasteiger partial charge < -0.3 is 20.1 Å². The first-order chi connectivity index (χ1) is 15.7. The number of rotatable bonds is 1. The van der Waals surface area contributed by atoms with Crippen LogP contribution >= 0.6 is 0 Å². The van der Waals surface area contributed by atoms with Crippen molar-refractivity contribution in [2.45, 2.75) is 69.7 Å². The van der Waals surface area contributed by atoms with E-state index in [1.807, 2.05) is 18.2 Å². The molecular weight excluding hydrogens is 436 g/mol. The normalized spacial score (nSPS) is 26.4. The molecule has 33 heavy (non-hydrogen) atoms. The van der Waals surface area contributed by atoms with Gasteiger partial charge in [0.25, 0.3) is 5.92 Å². The highest BCUT2D eigenvalue weighted by Crippen LogP contribution is 2.30. The molecule has 1 aromatic carbocycles. The summed E-state index contributed by atoms with van der Waals surface area (Å²) in [5.74, 6) is -4.77. The van der Waals surface area contributed by atoms with Crippen molar-refractivity contribution in [3.05, 3.63) is 34.9 Å². The van der Waals surface area contributed by atoms with E-state index in [9.17, 15) is 28.3 Å². The van der Waals surface area contributed by atoms with Crippen molar-refractivity contribution in [3.63, 3.8) is 0 Å². The minimum absolute atomic E-state index is 0.0327. The van der Waals surface area contributed by atoms with Crippen molar-refractivity contribution < 1.29 is 33.0 Å². The van der Waals surface area contributed by atoms with Gasteiger partial charge in [-0.15, -0.1) is 0 Å². The molecule has 0 saturated carbocycles. The summed E-state index contributed by atoms with van der Waals surface area (Å²) in [5, 5.41) is 12.0. The topological polar surface area (TPSA) is 99.2 Å². The quantitative estimate of drug-likeness (QED) is 0.662. The summed E-state index contributed by atoms with van der Waals surface area (Å²) >= 11 is 0. The van der Waals surface area contributed by atoms with Crippen molar-refractivity contribution >= 4 is 18.0 Å². The summed E-state index contributed by atoms with van der Waals surface area (Å²) in [4.78, 5) is 39.7. The maximum absolute atomic E-state index is 14.2. The number of amides is 2. The Morgan fingerprint density at radius 2 is 1.94 bits per heavy atom. The third-order valence-corrected chi connectivity index (χ3v) is 6.62. The number of hydrogen-bond acceptors (Lipinski definition) is 5. The maximum Gasteiger partial charge on any atom is 0.410 e. The number of fused-ring (bicyclic) bond motifs is 3. The molecule has 0 radical (unpaired) electrons. The second kappa shape index (κ2) is 9.62. The van der Waals surface area contributed by atoms with Crippen molar-refractivity contribution in [2.24, 2.45) is 0 Å². The first-order valence-electron chi connectivity index (χ1n) is 11.4. The number of hydrogen-bond donors (Lipinski definition) is 2. The zero-order valence-corrected chi connectivity index (χ0v) is 18.4. The minimum atomic E-state index is -2.95. The molecule has 1 aromatic rings. The van der Waals surface area contributed by atoms with Crippen LogP contribution < -0.4 is 5.32 Å². The number of carbonyl (C=O) groups excluding carboxylic acids is 2. The molecule has 4 rings (SSSR count). The summed E-state index contributed by atoms with van der Waals surface area (Å²) in [6, 6.07) is 4.74. The Hall–Kier alpha value is -2.75. The third kappa shape index (κ3) is 5.43. The van der Waals surface area contributed by atoms with Gasteiger partial charge in [0.1, 0.15) is 12.1 Å². The number of halogens is 2. The molecule has 3 aliphatic heterocycles. The van der Waals surface area contributed by atoms with Crippen LogP contribution in [0.25, 0.3) is 0 Å². The second-order valence-corrected chi connectivity index (χ2v) is 9.07. The fraction of sp³-hybridized carbons (Fsp3) is 0.609. The van der Waals surface area contributed by atoms with Crippen LogP contribution in [0.4, 0.5) is 13.6 Å². The van der Waals surface area contributed by atoms with Crippen molar-refractivity contribution in [1.82, 2.24) is 15.1 Å². The number of carboxylic acids is 1. The molecule has 1 saturated heterocycles. The van der Waals surface area contributed by atoms with Gasteiger partial charge in [-0.25, -0.2) is 18.4 Å². The molecule has 0 aliphatic carbocycles. The van der Waals surface area contributed by atoms with E-state index in [4.69, 9.17) is 4.74 Å². The lowest BCUT2D eigenvalue weighted by molar-refractivity contribution is -0.148. The van der Waals surface area contributed by atoms with E-state index in [-0.39, 0.29) is 19.4 Å². The summed E-state index contributed by atoms with van der Waals surface area (Å²) in [7, 11) is 0. The summed E-state index contributed by atoms with van der Waals surface area (Å²) in [6.45, 7) is -0.335. The van der Waals surface area contributed by atoms with Crippen LogP contribution in [-0.2, 0) is 33.8 Å². The van der Waals surface area contributed by atoms with Gasteiger partial charge in [-0.2, -0.15) is 0 Å². The minimum Gasteiger partial charge on any atom is -0.480 e. The van der Waals surface area contributed by atoms with Crippen molar-refractivity contribution in [3.8, 4) is 0 Å². The molecule has 0 aromatic heterocycles. The highest BCUT2D eigenvalue weighted by Gasteiger charge is 2.42. The van der Waals surface area contributed by atoms with Gasteiger partial charge in [0, 0.05) is 25.9 Å². The smallest absolute Gasteiger partial charge is 0.410 e. The van der Waals surface area contributed by atoms with E-state index >= 15 is 0 Å². The number of aryl methyl sites for hydroxylation is 1. The van der Waals surface area contributed by atoms with Crippen LogP contribution in [0.15, 0.2) is 18.2 Å².